The van der Waals surface area contributed by atoms with Crippen LogP contribution in [0.2, 0.25) is 0 Å². The van der Waals surface area contributed by atoms with Crippen LogP contribution in [-0.4, -0.2) is 73.4 Å². The van der Waals surface area contributed by atoms with Gasteiger partial charge in [0.05, 0.1) is 31.1 Å². The van der Waals surface area contributed by atoms with Crippen molar-refractivity contribution in [3.05, 3.63) is 35.6 Å². The molecule has 3 amide bonds. The van der Waals surface area contributed by atoms with Gasteiger partial charge in [-0.05, 0) is 25.8 Å². The third-order valence-corrected chi connectivity index (χ3v) is 6.16. The van der Waals surface area contributed by atoms with Crippen molar-refractivity contribution in [1.82, 2.24) is 9.80 Å². The molecule has 32 heavy (non-hydrogen) atoms. The van der Waals surface area contributed by atoms with Gasteiger partial charge in [0, 0.05) is 38.6 Å². The van der Waals surface area contributed by atoms with Gasteiger partial charge in [-0.2, -0.15) is 0 Å². The summed E-state index contributed by atoms with van der Waals surface area (Å²) in [7, 11) is 1.45. The second-order valence-corrected chi connectivity index (χ2v) is 8.19. The highest BCUT2D eigenvalue weighted by Crippen LogP contribution is 2.41. The van der Waals surface area contributed by atoms with Crippen LogP contribution in [0.4, 0.5) is 4.39 Å². The lowest BCUT2D eigenvalue weighted by Crippen LogP contribution is -2.47. The lowest BCUT2D eigenvalue weighted by molar-refractivity contribution is -0.152. The number of benzene rings is 1. The minimum Gasteiger partial charge on any atom is -0.466 e. The first kappa shape index (κ1) is 23.8. The van der Waals surface area contributed by atoms with E-state index >= 15 is 0 Å². The number of rotatable bonds is 8. The zero-order valence-corrected chi connectivity index (χ0v) is 18.5. The van der Waals surface area contributed by atoms with Gasteiger partial charge in [-0.3, -0.25) is 24.1 Å². The predicted octanol–water partition coefficient (Wildman–Crippen LogP) is 1.66. The van der Waals surface area contributed by atoms with Gasteiger partial charge in [-0.1, -0.05) is 18.2 Å². The fourth-order valence-electron chi connectivity index (χ4n) is 4.53. The largest absolute Gasteiger partial charge is 0.466 e. The van der Waals surface area contributed by atoms with Gasteiger partial charge in [-0.15, -0.1) is 0 Å². The number of nitrogens with zero attached hydrogens (tertiary/aromatic N) is 2. The topological polar surface area (TPSA) is 93.2 Å². The summed E-state index contributed by atoms with van der Waals surface area (Å²) >= 11 is 0. The summed E-state index contributed by atoms with van der Waals surface area (Å²) in [5.41, 5.74) is -1.59. The zero-order valence-electron chi connectivity index (χ0n) is 18.5. The molecule has 1 aromatic rings. The fraction of sp³-hybridized carbons (Fsp3) is 0.565. The molecule has 2 atom stereocenters. The number of carbonyl (C=O) groups excluding carboxylic acids is 4. The highest BCUT2D eigenvalue weighted by molar-refractivity contribution is 6.10. The number of likely N-dealkylation sites (tertiary alicyclic amines) is 2. The Bertz CT molecular complexity index is 891. The summed E-state index contributed by atoms with van der Waals surface area (Å²) in [5, 5.41) is 0. The number of amides is 3. The van der Waals surface area contributed by atoms with Crippen molar-refractivity contribution in [3.63, 3.8) is 0 Å². The predicted molar refractivity (Wildman–Crippen MR) is 112 cm³/mol. The van der Waals surface area contributed by atoms with E-state index < -0.39 is 34.9 Å². The van der Waals surface area contributed by atoms with Crippen molar-refractivity contribution >= 4 is 23.7 Å². The Morgan fingerprint density at radius 3 is 2.69 bits per heavy atom. The van der Waals surface area contributed by atoms with Crippen LogP contribution < -0.4 is 0 Å². The normalized spacial score (nSPS) is 23.5. The van der Waals surface area contributed by atoms with Crippen LogP contribution in [0.25, 0.3) is 0 Å². The van der Waals surface area contributed by atoms with E-state index in [1.54, 1.807) is 13.0 Å². The van der Waals surface area contributed by atoms with Crippen molar-refractivity contribution in [3.8, 4) is 0 Å². The quantitative estimate of drug-likeness (QED) is 0.444. The molecule has 2 heterocycles. The average Bonchev–Trinajstić information content (AvgIpc) is 3.02. The van der Waals surface area contributed by atoms with Gasteiger partial charge >= 0.3 is 5.97 Å². The third-order valence-electron chi connectivity index (χ3n) is 6.16. The van der Waals surface area contributed by atoms with E-state index in [4.69, 9.17) is 9.47 Å². The highest BCUT2D eigenvalue weighted by Gasteiger charge is 2.55. The van der Waals surface area contributed by atoms with Crippen LogP contribution in [0.1, 0.15) is 38.2 Å². The SMILES string of the molecule is CCOC(=O)[C@H]1CCCN(C(=O)C[C@]2(c3ccccc3F)CC(=O)N(CCOC)C2=O)C1. The van der Waals surface area contributed by atoms with Crippen molar-refractivity contribution in [1.29, 1.82) is 0 Å². The summed E-state index contributed by atoms with van der Waals surface area (Å²) in [6.45, 7) is 2.77. The monoisotopic (exact) mass is 448 g/mol. The molecule has 2 saturated heterocycles. The van der Waals surface area contributed by atoms with Gasteiger partial charge < -0.3 is 14.4 Å². The van der Waals surface area contributed by atoms with Crippen molar-refractivity contribution in [2.45, 2.75) is 38.0 Å². The summed E-state index contributed by atoms with van der Waals surface area (Å²) in [6.07, 6.45) is 0.590. The Morgan fingerprint density at radius 1 is 1.25 bits per heavy atom. The number of piperidine rings is 1. The van der Waals surface area contributed by atoms with Gasteiger partial charge in [0.2, 0.25) is 17.7 Å². The number of methoxy groups -OCH3 is 1. The molecule has 0 unspecified atom stereocenters. The van der Waals surface area contributed by atoms with E-state index in [-0.39, 0.29) is 50.7 Å². The first-order valence-corrected chi connectivity index (χ1v) is 10.9. The molecular formula is C23H29FN2O6. The van der Waals surface area contributed by atoms with Gasteiger partial charge in [0.15, 0.2) is 0 Å². The number of ether oxygens (including phenoxy) is 2. The fourth-order valence-corrected chi connectivity index (χ4v) is 4.53. The molecule has 9 heteroatoms. The second-order valence-electron chi connectivity index (χ2n) is 8.19. The molecule has 174 valence electrons. The molecule has 1 aromatic carbocycles. The Hall–Kier alpha value is -2.81. The molecule has 0 aromatic heterocycles. The first-order valence-electron chi connectivity index (χ1n) is 10.9. The molecule has 0 aliphatic carbocycles. The highest BCUT2D eigenvalue weighted by atomic mass is 19.1. The molecule has 0 bridgehead atoms. The van der Waals surface area contributed by atoms with Crippen LogP contribution in [-0.2, 0) is 34.1 Å². The average molecular weight is 448 g/mol. The number of carbonyl (C=O) groups is 4. The minimum atomic E-state index is -1.62. The Labute approximate surface area is 186 Å². The minimum absolute atomic E-state index is 0.0329. The molecule has 2 fully saturated rings. The first-order chi connectivity index (χ1) is 15.3. The second kappa shape index (κ2) is 10.2. The number of esters is 1. The number of hydrogen-bond acceptors (Lipinski definition) is 6. The van der Waals surface area contributed by atoms with E-state index in [0.717, 1.165) is 4.90 Å². The Balaban J connectivity index is 1.88. The van der Waals surface area contributed by atoms with Gasteiger partial charge in [-0.25, -0.2) is 4.39 Å². The lowest BCUT2D eigenvalue weighted by Gasteiger charge is -2.34. The lowest BCUT2D eigenvalue weighted by atomic mass is 9.75. The van der Waals surface area contributed by atoms with Crippen molar-refractivity contribution < 1.29 is 33.0 Å². The standard InChI is InChI=1S/C23H29FN2O6/c1-3-32-21(29)16-7-6-10-25(15-16)19(27)13-23(17-8-4-5-9-18(17)24)14-20(28)26(22(23)30)11-12-31-2/h4-5,8-9,16H,3,6-7,10-15H2,1-2H3/t16-,23+/m0/s1. The van der Waals surface area contributed by atoms with Crippen LogP contribution in [0.15, 0.2) is 24.3 Å². The molecule has 0 N–H and O–H groups in total. The van der Waals surface area contributed by atoms with Gasteiger partial charge in [0.1, 0.15) is 5.82 Å². The molecule has 0 radical (unpaired) electrons. The van der Waals surface area contributed by atoms with Crippen molar-refractivity contribution in [2.75, 3.05) is 40.0 Å². The van der Waals surface area contributed by atoms with E-state index in [9.17, 15) is 23.6 Å². The van der Waals surface area contributed by atoms with Crippen LogP contribution in [0, 0.1) is 11.7 Å². The zero-order chi connectivity index (χ0) is 23.3. The maximum Gasteiger partial charge on any atom is 0.310 e. The Kier molecular flexibility index (Phi) is 7.60. The van der Waals surface area contributed by atoms with Gasteiger partial charge in [0.25, 0.3) is 0 Å². The summed E-state index contributed by atoms with van der Waals surface area (Å²) in [6, 6.07) is 5.74. The number of hydrogen-bond donors (Lipinski definition) is 0. The van der Waals surface area contributed by atoms with E-state index in [0.29, 0.717) is 19.4 Å². The van der Waals surface area contributed by atoms with Crippen LogP contribution >= 0.6 is 0 Å². The van der Waals surface area contributed by atoms with Crippen LogP contribution in [0.5, 0.6) is 0 Å². The summed E-state index contributed by atoms with van der Waals surface area (Å²) < 4.78 is 24.9. The summed E-state index contributed by atoms with van der Waals surface area (Å²) in [4.78, 5) is 54.1. The van der Waals surface area contributed by atoms with E-state index in [2.05, 4.69) is 0 Å². The summed E-state index contributed by atoms with van der Waals surface area (Å²) in [5.74, 6) is -2.89. The Morgan fingerprint density at radius 2 is 2.00 bits per heavy atom. The van der Waals surface area contributed by atoms with E-state index in [1.807, 2.05) is 0 Å². The maximum absolute atomic E-state index is 14.8. The van der Waals surface area contributed by atoms with Crippen LogP contribution in [0.3, 0.4) is 0 Å². The maximum atomic E-state index is 14.8. The molecule has 0 spiro atoms. The molecule has 3 rings (SSSR count). The molecular weight excluding hydrogens is 419 g/mol. The molecule has 2 aliphatic rings. The number of imide groups is 1. The third kappa shape index (κ3) is 4.67. The van der Waals surface area contributed by atoms with E-state index in [1.165, 1.54) is 30.2 Å². The molecule has 2 aliphatic heterocycles. The van der Waals surface area contributed by atoms with Crippen molar-refractivity contribution in [2.24, 2.45) is 5.92 Å². The number of halogens is 1. The smallest absolute Gasteiger partial charge is 0.310 e. The molecule has 0 saturated carbocycles. The molecule has 8 nitrogen and oxygen atoms in total.